The van der Waals surface area contributed by atoms with Gasteiger partial charge in [-0.3, -0.25) is 4.79 Å². The largest absolute Gasteiger partial charge is 0.508 e. The highest BCUT2D eigenvalue weighted by atomic mass is 19.1. The lowest BCUT2D eigenvalue weighted by molar-refractivity contribution is -0.0722. The van der Waals surface area contributed by atoms with Gasteiger partial charge in [0.05, 0.1) is 17.7 Å². The summed E-state index contributed by atoms with van der Waals surface area (Å²) in [6.45, 7) is 3.19. The standard InChI is InChI=1S/C37H41FN2O3/c1-37-21-32(38)35-30-15-14-29(41)20-28(30)19-27(34(35)31(37)16-17-33(37)42)9-5-6-18-40(23-25-7-3-2-4-8-25)36(43)26-12-10-24(22-39)11-13-26/h2-4,7-8,10-15,20,27,31-35,41-42H,5-6,9,16-19,21,23H2,1H3/t27-,31?,32+,33+,34?,35?,37?/m1/s1. The molecule has 224 valence electrons. The topological polar surface area (TPSA) is 84.6 Å². The molecule has 3 aliphatic carbocycles. The lowest BCUT2D eigenvalue weighted by Gasteiger charge is -2.54. The Morgan fingerprint density at radius 1 is 1.07 bits per heavy atom. The second kappa shape index (κ2) is 12.1. The number of phenols is 1. The van der Waals surface area contributed by atoms with Gasteiger partial charge in [-0.05, 0) is 115 Å². The van der Waals surface area contributed by atoms with E-state index in [9.17, 15) is 15.0 Å². The molecule has 6 heteroatoms. The predicted octanol–water partition coefficient (Wildman–Crippen LogP) is 7.17. The molecule has 3 aromatic carbocycles. The van der Waals surface area contributed by atoms with E-state index >= 15 is 4.39 Å². The fraction of sp³-hybridized carbons (Fsp3) is 0.459. The van der Waals surface area contributed by atoms with Gasteiger partial charge in [0.25, 0.3) is 5.91 Å². The van der Waals surface area contributed by atoms with Crippen LogP contribution in [0.25, 0.3) is 0 Å². The maximum atomic E-state index is 16.1. The lowest BCUT2D eigenvalue weighted by Crippen LogP contribution is -2.51. The van der Waals surface area contributed by atoms with E-state index in [-0.39, 0.29) is 35.3 Å². The second-order valence-electron chi connectivity index (χ2n) is 13.3. The molecule has 0 bridgehead atoms. The summed E-state index contributed by atoms with van der Waals surface area (Å²) in [6, 6.07) is 24.3. The average molecular weight is 581 g/mol. The van der Waals surface area contributed by atoms with Crippen LogP contribution >= 0.6 is 0 Å². The Morgan fingerprint density at radius 2 is 1.84 bits per heavy atom. The molecule has 2 saturated carbocycles. The zero-order valence-electron chi connectivity index (χ0n) is 24.8. The Balaban J connectivity index is 1.19. The summed E-state index contributed by atoms with van der Waals surface area (Å²) < 4.78 is 16.1. The number of alkyl halides is 1. The number of benzene rings is 3. The minimum Gasteiger partial charge on any atom is -0.508 e. The number of hydrogen-bond acceptors (Lipinski definition) is 4. The zero-order valence-corrected chi connectivity index (χ0v) is 24.8. The Kier molecular flexibility index (Phi) is 8.29. The van der Waals surface area contributed by atoms with E-state index in [1.165, 1.54) is 0 Å². The van der Waals surface area contributed by atoms with Crippen molar-refractivity contribution in [3.63, 3.8) is 0 Å². The number of rotatable bonds is 8. The first-order chi connectivity index (χ1) is 20.8. The Hall–Kier alpha value is -3.69. The van der Waals surface area contributed by atoms with Crippen LogP contribution in [0.4, 0.5) is 4.39 Å². The summed E-state index contributed by atoms with van der Waals surface area (Å²) in [5.41, 5.74) is 3.85. The van der Waals surface area contributed by atoms with Crippen LogP contribution in [-0.2, 0) is 13.0 Å². The summed E-state index contributed by atoms with van der Waals surface area (Å²) in [5.74, 6) is 0.650. The van der Waals surface area contributed by atoms with Crippen molar-refractivity contribution in [2.24, 2.45) is 23.2 Å². The quantitative estimate of drug-likeness (QED) is 0.277. The first-order valence-corrected chi connectivity index (χ1v) is 15.8. The molecule has 3 aliphatic rings. The van der Waals surface area contributed by atoms with Gasteiger partial charge in [0, 0.05) is 24.6 Å². The first-order valence-electron chi connectivity index (χ1n) is 15.8. The van der Waals surface area contributed by atoms with E-state index in [0.29, 0.717) is 30.6 Å². The van der Waals surface area contributed by atoms with Gasteiger partial charge in [-0.25, -0.2) is 4.39 Å². The molecule has 0 aromatic heterocycles. The highest BCUT2D eigenvalue weighted by Gasteiger charge is 2.59. The van der Waals surface area contributed by atoms with Gasteiger partial charge in [0.1, 0.15) is 11.9 Å². The fourth-order valence-electron chi connectivity index (χ4n) is 8.67. The van der Waals surface area contributed by atoms with Crippen molar-refractivity contribution in [3.05, 3.63) is 101 Å². The molecule has 3 aromatic rings. The number of nitrogens with zero attached hydrogens (tertiary/aromatic N) is 2. The molecular formula is C37H41FN2O3. The minimum absolute atomic E-state index is 0.0567. The number of carbonyl (C=O) groups is 1. The molecule has 0 radical (unpaired) electrons. The molecule has 5 nitrogen and oxygen atoms in total. The van der Waals surface area contributed by atoms with Gasteiger partial charge in [-0.1, -0.05) is 49.7 Å². The van der Waals surface area contributed by atoms with E-state index in [1.807, 2.05) is 47.4 Å². The maximum Gasteiger partial charge on any atom is 0.254 e. The molecule has 4 unspecified atom stereocenters. The molecule has 0 aliphatic heterocycles. The molecule has 0 saturated heterocycles. The van der Waals surface area contributed by atoms with Crippen LogP contribution in [0, 0.1) is 34.5 Å². The molecule has 43 heavy (non-hydrogen) atoms. The zero-order chi connectivity index (χ0) is 30.1. The van der Waals surface area contributed by atoms with E-state index in [1.54, 1.807) is 30.3 Å². The van der Waals surface area contributed by atoms with Crippen molar-refractivity contribution >= 4 is 5.91 Å². The third-order valence-corrected chi connectivity index (χ3v) is 10.8. The van der Waals surface area contributed by atoms with Crippen molar-refractivity contribution in [2.45, 2.75) is 76.6 Å². The summed E-state index contributed by atoms with van der Waals surface area (Å²) >= 11 is 0. The van der Waals surface area contributed by atoms with E-state index in [0.717, 1.165) is 55.2 Å². The van der Waals surface area contributed by atoms with Crippen molar-refractivity contribution in [1.82, 2.24) is 4.90 Å². The molecule has 2 fully saturated rings. The molecule has 1 amide bonds. The number of phenolic OH excluding ortho intramolecular Hbond substituents is 1. The number of aliphatic hydroxyl groups excluding tert-OH is 1. The molecule has 2 N–H and O–H groups in total. The molecule has 7 atom stereocenters. The maximum absolute atomic E-state index is 16.1. The van der Waals surface area contributed by atoms with E-state index in [2.05, 4.69) is 13.0 Å². The number of aromatic hydroxyl groups is 1. The number of halogens is 1. The van der Waals surface area contributed by atoms with E-state index < -0.39 is 17.7 Å². The average Bonchev–Trinajstić information content (AvgIpc) is 3.31. The second-order valence-corrected chi connectivity index (χ2v) is 13.3. The summed E-state index contributed by atoms with van der Waals surface area (Å²) in [5, 5.41) is 30.3. The van der Waals surface area contributed by atoms with Gasteiger partial charge in [-0.15, -0.1) is 0 Å². The molecule has 6 rings (SSSR count). The molecular weight excluding hydrogens is 539 g/mol. The van der Waals surface area contributed by atoms with Crippen LogP contribution in [-0.4, -0.2) is 39.8 Å². The number of fused-ring (bicyclic) bond motifs is 5. The highest BCUT2D eigenvalue weighted by molar-refractivity contribution is 5.94. The van der Waals surface area contributed by atoms with E-state index in [4.69, 9.17) is 5.26 Å². The third kappa shape index (κ3) is 5.68. The SMILES string of the molecule is CC12C[C@H](F)C3c4ccc(O)cc4C[C@@H](CCCCN(Cc4ccccc4)C(=O)c4ccc(C#N)cc4)C3C1CC[C@@H]2O. The molecule has 0 spiro atoms. The Labute approximate surface area is 254 Å². The monoisotopic (exact) mass is 580 g/mol. The van der Waals surface area contributed by atoms with Crippen LogP contribution in [0.2, 0.25) is 0 Å². The number of amides is 1. The fourth-order valence-corrected chi connectivity index (χ4v) is 8.67. The number of hydrogen-bond donors (Lipinski definition) is 2. The van der Waals surface area contributed by atoms with Crippen molar-refractivity contribution in [1.29, 1.82) is 5.26 Å². The smallest absolute Gasteiger partial charge is 0.254 e. The van der Waals surface area contributed by atoms with Gasteiger partial charge < -0.3 is 15.1 Å². The number of aliphatic hydroxyl groups is 1. The third-order valence-electron chi connectivity index (χ3n) is 10.8. The van der Waals surface area contributed by atoms with Gasteiger partial charge in [0.2, 0.25) is 0 Å². The summed E-state index contributed by atoms with van der Waals surface area (Å²) in [6.07, 6.45) is 4.01. The van der Waals surface area contributed by atoms with Gasteiger partial charge >= 0.3 is 0 Å². The van der Waals surface area contributed by atoms with Crippen molar-refractivity contribution in [3.8, 4) is 11.8 Å². The van der Waals surface area contributed by atoms with Crippen LogP contribution < -0.4 is 0 Å². The minimum atomic E-state index is -1.02. The van der Waals surface area contributed by atoms with Crippen LogP contribution in [0.3, 0.4) is 0 Å². The van der Waals surface area contributed by atoms with Crippen LogP contribution in [0.5, 0.6) is 5.75 Å². The van der Waals surface area contributed by atoms with Gasteiger partial charge in [0.15, 0.2) is 0 Å². The normalized spacial score (nSPS) is 29.2. The van der Waals surface area contributed by atoms with Crippen molar-refractivity contribution in [2.75, 3.05) is 6.54 Å². The van der Waals surface area contributed by atoms with Gasteiger partial charge in [-0.2, -0.15) is 5.26 Å². The number of nitriles is 1. The summed E-state index contributed by atoms with van der Waals surface area (Å²) in [7, 11) is 0. The number of unbranched alkanes of at least 4 members (excludes halogenated alkanes) is 1. The summed E-state index contributed by atoms with van der Waals surface area (Å²) in [4.78, 5) is 15.5. The molecule has 0 heterocycles. The number of carbonyl (C=O) groups excluding carboxylic acids is 1. The predicted molar refractivity (Wildman–Crippen MR) is 164 cm³/mol. The van der Waals surface area contributed by atoms with Crippen molar-refractivity contribution < 1.29 is 19.4 Å². The Bertz CT molecular complexity index is 1490. The highest BCUT2D eigenvalue weighted by Crippen LogP contribution is 2.63. The first kappa shape index (κ1) is 29.4. The lowest BCUT2D eigenvalue weighted by atomic mass is 9.51. The van der Waals surface area contributed by atoms with Crippen LogP contribution in [0.1, 0.15) is 84.0 Å². The van der Waals surface area contributed by atoms with Crippen LogP contribution in [0.15, 0.2) is 72.8 Å². The Morgan fingerprint density at radius 3 is 2.58 bits per heavy atom.